The fourth-order valence-electron chi connectivity index (χ4n) is 1.02. The normalized spacial score (nSPS) is 10.4. The highest BCUT2D eigenvalue weighted by atomic mass is 16.6. The van der Waals surface area contributed by atoms with E-state index in [1.165, 1.54) is 0 Å². The maximum Gasteiger partial charge on any atom is 0.138 e. The molecular formula is C8H8N2O2. The van der Waals surface area contributed by atoms with E-state index in [1.54, 1.807) is 6.07 Å². The fraction of sp³-hybridized carbons (Fsp3) is 0.250. The van der Waals surface area contributed by atoms with E-state index in [9.17, 15) is 0 Å². The molecule has 12 heavy (non-hydrogen) atoms. The number of fused-ring (bicyclic) bond motifs is 1. The van der Waals surface area contributed by atoms with Crippen molar-refractivity contribution in [1.29, 1.82) is 0 Å². The van der Waals surface area contributed by atoms with Crippen LogP contribution in [0.3, 0.4) is 0 Å². The van der Waals surface area contributed by atoms with Gasteiger partial charge in [0.05, 0.1) is 6.61 Å². The maximum absolute atomic E-state index is 5.27. The molecule has 62 valence electrons. The molecule has 0 aliphatic heterocycles. The van der Waals surface area contributed by atoms with E-state index in [1.807, 2.05) is 19.1 Å². The second-order valence-corrected chi connectivity index (χ2v) is 2.35. The topological polar surface area (TPSA) is 48.2 Å². The minimum Gasteiger partial charge on any atom is -0.494 e. The molecule has 0 amide bonds. The smallest absolute Gasteiger partial charge is 0.138 e. The summed E-state index contributed by atoms with van der Waals surface area (Å²) in [6.07, 6.45) is 0. The molecule has 0 saturated heterocycles. The van der Waals surface area contributed by atoms with Gasteiger partial charge in [0.15, 0.2) is 0 Å². The lowest BCUT2D eigenvalue weighted by atomic mass is 10.3. The van der Waals surface area contributed by atoms with Crippen molar-refractivity contribution >= 4 is 11.0 Å². The SMILES string of the molecule is CCOc1ccc2nonc2c1. The van der Waals surface area contributed by atoms with E-state index in [4.69, 9.17) is 4.74 Å². The van der Waals surface area contributed by atoms with Crippen LogP contribution in [0, 0.1) is 0 Å². The number of rotatable bonds is 2. The van der Waals surface area contributed by atoms with Gasteiger partial charge in [-0.15, -0.1) is 0 Å². The molecule has 1 heterocycles. The van der Waals surface area contributed by atoms with Gasteiger partial charge in [-0.25, -0.2) is 4.63 Å². The number of aromatic nitrogens is 2. The molecule has 0 fully saturated rings. The van der Waals surface area contributed by atoms with Gasteiger partial charge >= 0.3 is 0 Å². The van der Waals surface area contributed by atoms with Crippen molar-refractivity contribution < 1.29 is 9.37 Å². The first-order valence-corrected chi connectivity index (χ1v) is 3.75. The highest BCUT2D eigenvalue weighted by molar-refractivity contribution is 5.74. The monoisotopic (exact) mass is 164 g/mol. The minimum absolute atomic E-state index is 0.650. The molecule has 2 aromatic rings. The standard InChI is InChI=1S/C8H8N2O2/c1-2-11-6-3-4-7-8(5-6)10-12-9-7/h3-5H,2H2,1H3. The van der Waals surface area contributed by atoms with Crippen molar-refractivity contribution in [2.75, 3.05) is 6.61 Å². The lowest BCUT2D eigenvalue weighted by molar-refractivity contribution is 0.315. The Bertz CT molecular complexity index is 383. The first-order chi connectivity index (χ1) is 5.90. The molecule has 0 radical (unpaired) electrons. The number of nitrogens with zero attached hydrogens (tertiary/aromatic N) is 2. The second kappa shape index (κ2) is 2.81. The van der Waals surface area contributed by atoms with Gasteiger partial charge in [0.1, 0.15) is 16.8 Å². The molecule has 0 aliphatic rings. The Morgan fingerprint density at radius 3 is 3.00 bits per heavy atom. The average Bonchev–Trinajstić information content (AvgIpc) is 2.51. The van der Waals surface area contributed by atoms with E-state index < -0.39 is 0 Å². The van der Waals surface area contributed by atoms with Gasteiger partial charge in [-0.3, -0.25) is 0 Å². The van der Waals surface area contributed by atoms with Crippen molar-refractivity contribution in [3.05, 3.63) is 18.2 Å². The molecule has 1 aromatic heterocycles. The number of benzene rings is 1. The Hall–Kier alpha value is -1.58. The van der Waals surface area contributed by atoms with Crippen LogP contribution < -0.4 is 4.74 Å². The largest absolute Gasteiger partial charge is 0.494 e. The summed E-state index contributed by atoms with van der Waals surface area (Å²) in [6, 6.07) is 5.46. The third-order valence-corrected chi connectivity index (χ3v) is 1.54. The number of hydrogen-bond donors (Lipinski definition) is 0. The first-order valence-electron chi connectivity index (χ1n) is 3.75. The van der Waals surface area contributed by atoms with Crippen LogP contribution in [0.2, 0.25) is 0 Å². The maximum atomic E-state index is 5.27. The van der Waals surface area contributed by atoms with Gasteiger partial charge in [-0.1, -0.05) is 0 Å². The summed E-state index contributed by atoms with van der Waals surface area (Å²) < 4.78 is 9.82. The zero-order chi connectivity index (χ0) is 8.39. The molecule has 0 saturated carbocycles. The summed E-state index contributed by atoms with van der Waals surface area (Å²) in [6.45, 7) is 2.59. The Balaban J connectivity index is 2.46. The average molecular weight is 164 g/mol. The molecule has 0 unspecified atom stereocenters. The highest BCUT2D eigenvalue weighted by Crippen LogP contribution is 2.17. The Labute approximate surface area is 69.1 Å². The van der Waals surface area contributed by atoms with E-state index in [0.717, 1.165) is 16.8 Å². The summed E-state index contributed by atoms with van der Waals surface area (Å²) >= 11 is 0. The van der Waals surface area contributed by atoms with Crippen molar-refractivity contribution in [1.82, 2.24) is 10.3 Å². The molecule has 1 aromatic carbocycles. The molecule has 0 atom stereocenters. The summed E-state index contributed by atoms with van der Waals surface area (Å²) in [5.41, 5.74) is 1.47. The highest BCUT2D eigenvalue weighted by Gasteiger charge is 2.00. The summed E-state index contributed by atoms with van der Waals surface area (Å²) in [7, 11) is 0. The van der Waals surface area contributed by atoms with Crippen molar-refractivity contribution in [3.8, 4) is 5.75 Å². The molecular weight excluding hydrogens is 156 g/mol. The molecule has 4 heteroatoms. The zero-order valence-corrected chi connectivity index (χ0v) is 6.65. The van der Waals surface area contributed by atoms with Gasteiger partial charge in [0.25, 0.3) is 0 Å². The molecule has 0 N–H and O–H groups in total. The van der Waals surface area contributed by atoms with Gasteiger partial charge < -0.3 is 4.74 Å². The van der Waals surface area contributed by atoms with Gasteiger partial charge in [0.2, 0.25) is 0 Å². The Morgan fingerprint density at radius 1 is 1.33 bits per heavy atom. The van der Waals surface area contributed by atoms with Crippen molar-refractivity contribution in [2.24, 2.45) is 0 Å². The third kappa shape index (κ3) is 1.11. The van der Waals surface area contributed by atoms with E-state index >= 15 is 0 Å². The summed E-state index contributed by atoms with van der Waals surface area (Å²) in [5, 5.41) is 7.37. The Kier molecular flexibility index (Phi) is 1.66. The zero-order valence-electron chi connectivity index (χ0n) is 6.65. The van der Waals surface area contributed by atoms with Gasteiger partial charge in [0, 0.05) is 6.07 Å². The van der Waals surface area contributed by atoms with Crippen LogP contribution in [0.15, 0.2) is 22.8 Å². The van der Waals surface area contributed by atoms with E-state index in [-0.39, 0.29) is 0 Å². The van der Waals surface area contributed by atoms with Crippen LogP contribution in [0.5, 0.6) is 5.75 Å². The van der Waals surface area contributed by atoms with Crippen LogP contribution in [0.4, 0.5) is 0 Å². The fourth-order valence-corrected chi connectivity index (χ4v) is 1.02. The summed E-state index contributed by atoms with van der Waals surface area (Å²) in [5.74, 6) is 0.792. The lowest BCUT2D eigenvalue weighted by Crippen LogP contribution is -1.90. The molecule has 4 nitrogen and oxygen atoms in total. The lowest BCUT2D eigenvalue weighted by Gasteiger charge is -1.99. The van der Waals surface area contributed by atoms with Crippen LogP contribution >= 0.6 is 0 Å². The van der Waals surface area contributed by atoms with Crippen molar-refractivity contribution in [3.63, 3.8) is 0 Å². The van der Waals surface area contributed by atoms with Crippen molar-refractivity contribution in [2.45, 2.75) is 6.92 Å². The molecule has 2 rings (SSSR count). The van der Waals surface area contributed by atoms with Crippen LogP contribution in [-0.2, 0) is 0 Å². The predicted molar refractivity (Wildman–Crippen MR) is 43.0 cm³/mol. The molecule has 0 aliphatic carbocycles. The summed E-state index contributed by atoms with van der Waals surface area (Å²) in [4.78, 5) is 0. The van der Waals surface area contributed by atoms with Crippen LogP contribution in [0.25, 0.3) is 11.0 Å². The van der Waals surface area contributed by atoms with Crippen LogP contribution in [0.1, 0.15) is 6.92 Å². The quantitative estimate of drug-likeness (QED) is 0.676. The number of hydrogen-bond acceptors (Lipinski definition) is 4. The van der Waals surface area contributed by atoms with Crippen LogP contribution in [-0.4, -0.2) is 16.9 Å². The van der Waals surface area contributed by atoms with E-state index in [2.05, 4.69) is 14.9 Å². The number of ether oxygens (including phenoxy) is 1. The third-order valence-electron chi connectivity index (χ3n) is 1.54. The second-order valence-electron chi connectivity index (χ2n) is 2.35. The predicted octanol–water partition coefficient (Wildman–Crippen LogP) is 1.62. The minimum atomic E-state index is 0.650. The first kappa shape index (κ1) is 7.09. The Morgan fingerprint density at radius 2 is 2.17 bits per heavy atom. The van der Waals surface area contributed by atoms with Gasteiger partial charge in [-0.2, -0.15) is 0 Å². The molecule has 0 spiro atoms. The van der Waals surface area contributed by atoms with Gasteiger partial charge in [-0.05, 0) is 29.4 Å². The van der Waals surface area contributed by atoms with E-state index in [0.29, 0.717) is 6.61 Å². The molecule has 0 bridgehead atoms.